The standard InChI is InChI=1S/ClHO3.H2O3Si/c2-1(3)4;1-4(2)3/h2H;1-2H. The topological polar surface area (TPSA) is 124 Å². The van der Waals surface area contributed by atoms with Gasteiger partial charge in [0.2, 0.25) is 0 Å². The van der Waals surface area contributed by atoms with Gasteiger partial charge < -0.3 is 18.9 Å². The average molecular weight is 163 g/mol. The molecule has 0 aromatic carbocycles. The Balaban J connectivity index is 0. The van der Waals surface area contributed by atoms with Crippen molar-refractivity contribution >= 4 is 9.17 Å². The lowest BCUT2D eigenvalue weighted by Crippen LogP contribution is -2.30. The van der Waals surface area contributed by atoms with Crippen molar-refractivity contribution < 1.29 is 38.8 Å². The Bertz CT molecular complexity index is 52.8. The fraction of sp³-hybridized carbons (Fsp3) is 0. The summed E-state index contributed by atoms with van der Waals surface area (Å²) in [6.07, 6.45) is 0. The first-order chi connectivity index (χ1) is 3.46. The molecule has 0 bridgehead atoms. The molecule has 50 valence electrons. The second-order valence-corrected chi connectivity index (χ2v) is 1.45. The lowest BCUT2D eigenvalue weighted by atomic mass is 15.8. The van der Waals surface area contributed by atoms with Gasteiger partial charge in [-0.1, -0.05) is 0 Å². The molecule has 0 radical (unpaired) electrons. The molecular weight excluding hydrogens is 160 g/mol. The second kappa shape index (κ2) is 6.79. The van der Waals surface area contributed by atoms with E-state index < -0.39 is 20.0 Å². The van der Waals surface area contributed by atoms with E-state index in [9.17, 15) is 0 Å². The molecule has 0 aliphatic carbocycles. The van der Waals surface area contributed by atoms with Gasteiger partial charge in [0, 0.05) is 4.66 Å². The molecule has 0 aliphatic heterocycles. The highest BCUT2D eigenvalue weighted by Crippen LogP contribution is 1.38. The number of rotatable bonds is 0. The molecule has 0 saturated carbocycles. The van der Waals surface area contributed by atoms with Crippen LogP contribution in [0.2, 0.25) is 0 Å². The van der Waals surface area contributed by atoms with Gasteiger partial charge in [-0.25, -0.2) is 0 Å². The third-order valence-corrected chi connectivity index (χ3v) is 0. The maximum atomic E-state index is 8.74. The SMILES string of the molecule is O=[Si](O)O.[O-][Cl+2]([O-])O. The number of hydrogen-bond donors (Lipinski definition) is 3. The van der Waals surface area contributed by atoms with Gasteiger partial charge in [0.15, 0.2) is 0 Å². The van der Waals surface area contributed by atoms with Gasteiger partial charge in [-0.05, 0) is 0 Å². The van der Waals surface area contributed by atoms with Gasteiger partial charge >= 0.3 is 9.17 Å². The van der Waals surface area contributed by atoms with Crippen LogP contribution in [0, 0.1) is 10.8 Å². The monoisotopic (exact) mass is 162 g/mol. The highest BCUT2D eigenvalue weighted by Gasteiger charge is 1.85. The molecule has 0 atom stereocenters. The first kappa shape index (κ1) is 10.7. The zero-order chi connectivity index (χ0) is 7.15. The molecule has 0 unspecified atom stereocenters. The molecule has 6 nitrogen and oxygen atoms in total. The molecule has 0 amide bonds. The van der Waals surface area contributed by atoms with E-state index in [0.717, 1.165) is 0 Å². The van der Waals surface area contributed by atoms with Crippen LogP contribution in [-0.4, -0.2) is 23.4 Å². The molecule has 0 aliphatic rings. The Morgan fingerprint density at radius 3 is 1.38 bits per heavy atom. The van der Waals surface area contributed by atoms with Crippen LogP contribution in [0.15, 0.2) is 0 Å². The highest BCUT2D eigenvalue weighted by atomic mass is 35.6. The van der Waals surface area contributed by atoms with E-state index in [2.05, 4.69) is 0 Å². The van der Waals surface area contributed by atoms with Crippen LogP contribution in [0.4, 0.5) is 0 Å². The molecule has 8 heteroatoms. The van der Waals surface area contributed by atoms with Crippen LogP contribution in [0.25, 0.3) is 0 Å². The molecule has 0 saturated heterocycles. The lowest BCUT2D eigenvalue weighted by molar-refractivity contribution is -1.63. The Kier molecular flexibility index (Phi) is 9.09. The predicted octanol–water partition coefficient (Wildman–Crippen LogP) is -4.55. The molecule has 3 N–H and O–H groups in total. The molecule has 0 spiro atoms. The Labute approximate surface area is 48.9 Å². The van der Waals surface area contributed by atoms with Crippen LogP contribution in [-0.2, 0) is 4.46 Å². The fourth-order valence-corrected chi connectivity index (χ4v) is 0. The molecule has 8 heavy (non-hydrogen) atoms. The van der Waals surface area contributed by atoms with Crippen molar-refractivity contribution in [1.29, 1.82) is 0 Å². The maximum Gasteiger partial charge on any atom is 0.761 e. The summed E-state index contributed by atoms with van der Waals surface area (Å²) in [4.78, 5) is 14.3. The van der Waals surface area contributed by atoms with Gasteiger partial charge in [0.25, 0.3) is 10.8 Å². The van der Waals surface area contributed by atoms with E-state index in [4.69, 9.17) is 28.0 Å². The minimum absolute atomic E-state index is 2.60. The van der Waals surface area contributed by atoms with Crippen molar-refractivity contribution in [2.24, 2.45) is 0 Å². The molecular formula is H3ClO6Si. The first-order valence-corrected chi connectivity index (χ1v) is 3.39. The Morgan fingerprint density at radius 1 is 1.38 bits per heavy atom. The quantitative estimate of drug-likeness (QED) is 0.308. The summed E-state index contributed by atoms with van der Waals surface area (Å²) in [7, 11) is -5.73. The van der Waals surface area contributed by atoms with Crippen LogP contribution in [0.5, 0.6) is 0 Å². The average Bonchev–Trinajstić information content (AvgIpc) is 1.25. The molecule has 0 fully saturated rings. The number of halogens is 1. The summed E-state index contributed by atoms with van der Waals surface area (Å²) in [6.45, 7) is 0. The molecule has 0 heterocycles. The van der Waals surface area contributed by atoms with Crippen LogP contribution < -0.4 is 9.32 Å². The normalized spacial score (nSPS) is 7.50. The minimum atomic E-state index is -3.13. The zero-order valence-electron chi connectivity index (χ0n) is 3.44. The van der Waals surface area contributed by atoms with Gasteiger partial charge in [0.05, 0.1) is 0 Å². The van der Waals surface area contributed by atoms with Gasteiger partial charge in [-0.2, -0.15) is 0 Å². The second-order valence-electron chi connectivity index (χ2n) is 0.484. The minimum Gasteiger partial charge on any atom is -0.511 e. The molecule has 0 aromatic heterocycles. The van der Waals surface area contributed by atoms with Crippen LogP contribution in [0.1, 0.15) is 0 Å². The van der Waals surface area contributed by atoms with E-state index in [-0.39, 0.29) is 0 Å². The molecule has 0 rings (SSSR count). The Morgan fingerprint density at radius 2 is 1.38 bits per heavy atom. The summed E-state index contributed by atoms with van der Waals surface area (Å²) in [5.74, 6) is 0. The van der Waals surface area contributed by atoms with Crippen LogP contribution >= 0.6 is 0 Å². The van der Waals surface area contributed by atoms with E-state index >= 15 is 0 Å². The van der Waals surface area contributed by atoms with E-state index in [1.165, 1.54) is 0 Å². The highest BCUT2D eigenvalue weighted by molar-refractivity contribution is 6.22. The van der Waals surface area contributed by atoms with Crippen molar-refractivity contribution in [3.8, 4) is 0 Å². The predicted molar refractivity (Wildman–Crippen MR) is 13.1 cm³/mol. The van der Waals surface area contributed by atoms with Crippen molar-refractivity contribution in [2.45, 2.75) is 0 Å². The van der Waals surface area contributed by atoms with Gasteiger partial charge in [0.1, 0.15) is 0 Å². The maximum absolute atomic E-state index is 8.74. The van der Waals surface area contributed by atoms with Crippen molar-refractivity contribution in [3.63, 3.8) is 0 Å². The smallest absolute Gasteiger partial charge is 0.511 e. The largest absolute Gasteiger partial charge is 0.761 e. The van der Waals surface area contributed by atoms with Crippen LogP contribution in [0.3, 0.4) is 0 Å². The molecule has 0 aromatic rings. The van der Waals surface area contributed by atoms with Crippen molar-refractivity contribution in [3.05, 3.63) is 0 Å². The Hall–Kier alpha value is -0.213. The first-order valence-electron chi connectivity index (χ1n) is 1.13. The van der Waals surface area contributed by atoms with Crippen molar-refractivity contribution in [1.82, 2.24) is 0 Å². The van der Waals surface area contributed by atoms with Crippen molar-refractivity contribution in [2.75, 3.05) is 0 Å². The summed E-state index contributed by atoms with van der Waals surface area (Å²) in [6, 6.07) is 0. The fourth-order valence-electron chi connectivity index (χ4n) is 0. The number of hydrogen-bond acceptors (Lipinski definition) is 4. The zero-order valence-corrected chi connectivity index (χ0v) is 5.20. The summed E-state index contributed by atoms with van der Waals surface area (Å²) < 4.78 is 32.7. The third kappa shape index (κ3) is 2920. The van der Waals surface area contributed by atoms with Gasteiger partial charge in [-0.15, -0.1) is 0 Å². The summed E-state index contributed by atoms with van der Waals surface area (Å²) in [5, 5.41) is 0. The lowest BCUT2D eigenvalue weighted by Gasteiger charge is -1.72. The van der Waals surface area contributed by atoms with E-state index in [1.54, 1.807) is 0 Å². The summed E-state index contributed by atoms with van der Waals surface area (Å²) in [5.41, 5.74) is 0. The van der Waals surface area contributed by atoms with E-state index in [0.29, 0.717) is 0 Å². The summed E-state index contributed by atoms with van der Waals surface area (Å²) >= 11 is 0. The third-order valence-electron chi connectivity index (χ3n) is 0. The van der Waals surface area contributed by atoms with Gasteiger partial charge in [-0.3, -0.25) is 4.46 Å². The van der Waals surface area contributed by atoms with E-state index in [1.807, 2.05) is 0 Å².